The third-order valence-corrected chi connectivity index (χ3v) is 5.68. The molecule has 11 nitrogen and oxygen atoms in total. The molecule has 11 heteroatoms. The van der Waals surface area contributed by atoms with Gasteiger partial charge in [0.2, 0.25) is 5.91 Å². The number of fused-ring (bicyclic) bond motifs is 2. The number of amides is 3. The number of carbonyl (C=O) groups excluding carboxylic acids is 3. The number of benzene rings is 1. The summed E-state index contributed by atoms with van der Waals surface area (Å²) in [6.07, 6.45) is 1.49. The van der Waals surface area contributed by atoms with E-state index in [-0.39, 0.29) is 12.5 Å². The molecule has 0 saturated carbocycles. The Morgan fingerprint density at radius 1 is 1.00 bits per heavy atom. The number of nitrogens with zero attached hydrogens (tertiary/aromatic N) is 8. The maximum Gasteiger partial charge on any atom is 0.262 e. The summed E-state index contributed by atoms with van der Waals surface area (Å²) in [5.74, 6) is -0.402. The van der Waals surface area contributed by atoms with Crippen LogP contribution in [0.1, 0.15) is 27.6 Å². The SMILES string of the molecule is CCn1nnc2c(N3CCN(C(=O)CN4C(=O)c5ccccc5C4=O)CC3)ncnc21. The van der Waals surface area contributed by atoms with E-state index in [9.17, 15) is 14.4 Å². The van der Waals surface area contributed by atoms with Crippen LogP contribution in [0.3, 0.4) is 0 Å². The van der Waals surface area contributed by atoms with E-state index in [0.717, 1.165) is 4.90 Å². The quantitative estimate of drug-likeness (QED) is 0.549. The lowest BCUT2D eigenvalue weighted by atomic mass is 10.1. The number of piperazine rings is 1. The molecule has 2 aliphatic heterocycles. The number of aryl methyl sites for hydroxylation is 1. The van der Waals surface area contributed by atoms with Crippen LogP contribution in [0, 0.1) is 0 Å². The Balaban J connectivity index is 1.25. The summed E-state index contributed by atoms with van der Waals surface area (Å²) in [5, 5.41) is 8.31. The molecule has 1 fully saturated rings. The average Bonchev–Trinajstić information content (AvgIpc) is 3.34. The van der Waals surface area contributed by atoms with Gasteiger partial charge in [0.25, 0.3) is 11.8 Å². The van der Waals surface area contributed by atoms with Crippen molar-refractivity contribution in [1.29, 1.82) is 0 Å². The first-order valence-corrected chi connectivity index (χ1v) is 10.1. The number of hydrogen-bond donors (Lipinski definition) is 0. The highest BCUT2D eigenvalue weighted by Crippen LogP contribution is 2.24. The van der Waals surface area contributed by atoms with Gasteiger partial charge in [0.1, 0.15) is 12.9 Å². The molecule has 1 aromatic carbocycles. The number of hydrogen-bond acceptors (Lipinski definition) is 8. The largest absolute Gasteiger partial charge is 0.351 e. The number of carbonyl (C=O) groups is 3. The van der Waals surface area contributed by atoms with Gasteiger partial charge in [0.05, 0.1) is 11.1 Å². The second-order valence-corrected chi connectivity index (χ2v) is 7.38. The maximum atomic E-state index is 12.8. The van der Waals surface area contributed by atoms with Gasteiger partial charge in [-0.3, -0.25) is 19.3 Å². The lowest BCUT2D eigenvalue weighted by Gasteiger charge is -2.35. The van der Waals surface area contributed by atoms with E-state index < -0.39 is 11.8 Å². The van der Waals surface area contributed by atoms with E-state index in [1.807, 2.05) is 11.8 Å². The second-order valence-electron chi connectivity index (χ2n) is 7.38. The van der Waals surface area contributed by atoms with Gasteiger partial charge < -0.3 is 9.80 Å². The Morgan fingerprint density at radius 2 is 1.68 bits per heavy atom. The zero-order valence-electron chi connectivity index (χ0n) is 16.9. The summed E-state index contributed by atoms with van der Waals surface area (Å²) >= 11 is 0. The molecule has 2 aliphatic rings. The number of anilines is 1. The van der Waals surface area contributed by atoms with E-state index >= 15 is 0 Å². The molecule has 4 heterocycles. The summed E-state index contributed by atoms with van der Waals surface area (Å²) in [5.41, 5.74) is 2.00. The molecule has 3 amide bonds. The summed E-state index contributed by atoms with van der Waals surface area (Å²) in [4.78, 5) is 51.2. The van der Waals surface area contributed by atoms with E-state index in [1.54, 1.807) is 33.8 Å². The number of aromatic nitrogens is 5. The normalized spacial score (nSPS) is 16.4. The molecule has 0 unspecified atom stereocenters. The molecule has 2 aromatic heterocycles. The minimum absolute atomic E-state index is 0.251. The van der Waals surface area contributed by atoms with Gasteiger partial charge in [-0.05, 0) is 19.1 Å². The Kier molecular flexibility index (Phi) is 4.57. The van der Waals surface area contributed by atoms with Crippen molar-refractivity contribution < 1.29 is 14.4 Å². The van der Waals surface area contributed by atoms with Crippen LogP contribution in [0.4, 0.5) is 5.82 Å². The molecule has 0 spiro atoms. The van der Waals surface area contributed by atoms with Gasteiger partial charge in [0.15, 0.2) is 17.0 Å². The number of rotatable bonds is 4. The highest BCUT2D eigenvalue weighted by atomic mass is 16.2. The minimum Gasteiger partial charge on any atom is -0.351 e. The van der Waals surface area contributed by atoms with Crippen molar-refractivity contribution in [3.8, 4) is 0 Å². The van der Waals surface area contributed by atoms with Crippen molar-refractivity contribution in [3.05, 3.63) is 41.7 Å². The summed E-state index contributed by atoms with van der Waals surface area (Å²) < 4.78 is 1.71. The van der Waals surface area contributed by atoms with Crippen LogP contribution in [0.5, 0.6) is 0 Å². The molecular formula is C20H20N8O3. The smallest absolute Gasteiger partial charge is 0.262 e. The lowest BCUT2D eigenvalue weighted by Crippen LogP contribution is -2.52. The summed E-state index contributed by atoms with van der Waals surface area (Å²) in [7, 11) is 0. The highest BCUT2D eigenvalue weighted by Gasteiger charge is 2.37. The van der Waals surface area contributed by atoms with Crippen molar-refractivity contribution in [2.24, 2.45) is 0 Å². The van der Waals surface area contributed by atoms with Crippen LogP contribution in [0.25, 0.3) is 11.2 Å². The van der Waals surface area contributed by atoms with Gasteiger partial charge in [0, 0.05) is 32.7 Å². The van der Waals surface area contributed by atoms with E-state index in [0.29, 0.717) is 60.8 Å². The zero-order valence-corrected chi connectivity index (χ0v) is 16.9. The van der Waals surface area contributed by atoms with E-state index in [4.69, 9.17) is 0 Å². The third-order valence-electron chi connectivity index (χ3n) is 5.68. The molecule has 0 radical (unpaired) electrons. The fourth-order valence-electron chi connectivity index (χ4n) is 4.01. The van der Waals surface area contributed by atoms with Crippen LogP contribution in [-0.2, 0) is 11.3 Å². The van der Waals surface area contributed by atoms with Crippen molar-refractivity contribution in [2.75, 3.05) is 37.6 Å². The van der Waals surface area contributed by atoms with Gasteiger partial charge in [-0.1, -0.05) is 17.3 Å². The first-order chi connectivity index (χ1) is 15.1. The molecule has 3 aromatic rings. The van der Waals surface area contributed by atoms with Gasteiger partial charge in [-0.15, -0.1) is 5.10 Å². The third kappa shape index (κ3) is 3.09. The molecule has 0 atom stereocenters. The predicted molar refractivity (Wildman–Crippen MR) is 109 cm³/mol. The fourth-order valence-corrected chi connectivity index (χ4v) is 4.01. The molecule has 0 bridgehead atoms. The Labute approximate surface area is 177 Å². The van der Waals surface area contributed by atoms with Crippen LogP contribution in [-0.4, -0.2) is 85.2 Å². The van der Waals surface area contributed by atoms with Gasteiger partial charge >= 0.3 is 0 Å². The van der Waals surface area contributed by atoms with Crippen LogP contribution < -0.4 is 4.90 Å². The second kappa shape index (κ2) is 7.42. The summed E-state index contributed by atoms with van der Waals surface area (Å²) in [6, 6.07) is 6.63. The van der Waals surface area contributed by atoms with Crippen molar-refractivity contribution >= 4 is 34.7 Å². The van der Waals surface area contributed by atoms with E-state index in [2.05, 4.69) is 20.3 Å². The topological polar surface area (TPSA) is 117 Å². The van der Waals surface area contributed by atoms with Crippen LogP contribution in [0.2, 0.25) is 0 Å². The van der Waals surface area contributed by atoms with Crippen molar-refractivity contribution in [1.82, 2.24) is 34.8 Å². The first kappa shape index (κ1) is 19.1. The Bertz CT molecular complexity index is 1160. The molecule has 0 aliphatic carbocycles. The van der Waals surface area contributed by atoms with Crippen LogP contribution in [0.15, 0.2) is 30.6 Å². The molecule has 31 heavy (non-hydrogen) atoms. The zero-order chi connectivity index (χ0) is 21.5. The molecule has 1 saturated heterocycles. The predicted octanol–water partition coefficient (Wildman–Crippen LogP) is 0.186. The standard InChI is InChI=1S/C20H20N8O3/c1-2-28-18-16(23-24-28)17(21-12-22-18)26-9-7-25(8-10-26)15(29)11-27-19(30)13-5-3-4-6-14(13)20(27)31/h3-6,12H,2,7-11H2,1H3. The van der Waals surface area contributed by atoms with E-state index in [1.165, 1.54) is 6.33 Å². The molecule has 5 rings (SSSR count). The lowest BCUT2D eigenvalue weighted by molar-refractivity contribution is -0.131. The first-order valence-electron chi connectivity index (χ1n) is 10.1. The maximum absolute atomic E-state index is 12.8. The van der Waals surface area contributed by atoms with Crippen molar-refractivity contribution in [2.45, 2.75) is 13.5 Å². The monoisotopic (exact) mass is 420 g/mol. The van der Waals surface area contributed by atoms with Gasteiger partial charge in [-0.2, -0.15) is 0 Å². The fraction of sp³-hybridized carbons (Fsp3) is 0.350. The Morgan fingerprint density at radius 3 is 2.32 bits per heavy atom. The average molecular weight is 420 g/mol. The van der Waals surface area contributed by atoms with Gasteiger partial charge in [-0.25, -0.2) is 14.6 Å². The number of imide groups is 1. The van der Waals surface area contributed by atoms with Crippen LogP contribution >= 0.6 is 0 Å². The molecular weight excluding hydrogens is 400 g/mol. The molecule has 0 N–H and O–H groups in total. The highest BCUT2D eigenvalue weighted by molar-refractivity contribution is 6.22. The minimum atomic E-state index is -0.421. The Hall–Kier alpha value is -3.89. The summed E-state index contributed by atoms with van der Waals surface area (Å²) in [6.45, 7) is 4.39. The van der Waals surface area contributed by atoms with Crippen molar-refractivity contribution in [3.63, 3.8) is 0 Å². The molecule has 158 valence electrons.